The highest BCUT2D eigenvalue weighted by Crippen LogP contribution is 2.28. The van der Waals surface area contributed by atoms with E-state index in [2.05, 4.69) is 17.1 Å². The Hall–Kier alpha value is -3.28. The summed E-state index contributed by atoms with van der Waals surface area (Å²) >= 11 is 0. The molecule has 0 spiro atoms. The number of amides is 1. The van der Waals surface area contributed by atoms with Crippen LogP contribution in [0.5, 0.6) is 17.2 Å². The van der Waals surface area contributed by atoms with Gasteiger partial charge in [-0.1, -0.05) is 24.8 Å². The Morgan fingerprint density at radius 1 is 1.04 bits per heavy atom. The lowest BCUT2D eigenvalue weighted by Gasteiger charge is -2.12. The quantitative estimate of drug-likeness (QED) is 0.393. The number of benzene rings is 2. The number of carbonyl (C=O) groups is 1. The Kier molecular flexibility index (Phi) is 7.91. The van der Waals surface area contributed by atoms with Crippen molar-refractivity contribution in [3.05, 3.63) is 66.2 Å². The van der Waals surface area contributed by atoms with Gasteiger partial charge in [0.1, 0.15) is 12.4 Å². The molecule has 0 saturated heterocycles. The maximum atomic E-state index is 12.4. The normalized spacial score (nSPS) is 10.4. The molecule has 1 N–H and O–H groups in total. The van der Waals surface area contributed by atoms with Crippen LogP contribution in [-0.4, -0.2) is 31.9 Å². The van der Waals surface area contributed by atoms with Crippen LogP contribution in [0, 0.1) is 0 Å². The number of nitrogens with one attached hydrogen (secondary N) is 1. The monoisotopic (exact) mass is 368 g/mol. The third-order valence-corrected chi connectivity index (χ3v) is 3.45. The molecule has 0 atom stereocenters. The van der Waals surface area contributed by atoms with E-state index in [0.29, 0.717) is 42.6 Å². The SMILES string of the molecule is C=CCOc1ccc(C(=O)N/N=C/c2ccccc2OCC)cc1OCC. The van der Waals surface area contributed by atoms with Crippen molar-refractivity contribution in [2.24, 2.45) is 5.10 Å². The lowest BCUT2D eigenvalue weighted by molar-refractivity contribution is 0.0954. The van der Waals surface area contributed by atoms with Crippen molar-refractivity contribution in [2.75, 3.05) is 19.8 Å². The largest absolute Gasteiger partial charge is 0.493 e. The molecule has 0 radical (unpaired) electrons. The van der Waals surface area contributed by atoms with Crippen LogP contribution >= 0.6 is 0 Å². The van der Waals surface area contributed by atoms with Crippen LogP contribution in [0.2, 0.25) is 0 Å². The van der Waals surface area contributed by atoms with Crippen molar-refractivity contribution in [3.63, 3.8) is 0 Å². The van der Waals surface area contributed by atoms with Crippen LogP contribution in [0.25, 0.3) is 0 Å². The second-order valence-electron chi connectivity index (χ2n) is 5.36. The third kappa shape index (κ3) is 5.88. The van der Waals surface area contributed by atoms with E-state index in [1.807, 2.05) is 38.1 Å². The van der Waals surface area contributed by atoms with Crippen molar-refractivity contribution in [3.8, 4) is 17.2 Å². The molecule has 6 heteroatoms. The third-order valence-electron chi connectivity index (χ3n) is 3.45. The van der Waals surface area contributed by atoms with Crippen molar-refractivity contribution < 1.29 is 19.0 Å². The van der Waals surface area contributed by atoms with Gasteiger partial charge in [0.2, 0.25) is 0 Å². The number of carbonyl (C=O) groups excluding carboxylic acids is 1. The molecule has 27 heavy (non-hydrogen) atoms. The van der Waals surface area contributed by atoms with Crippen molar-refractivity contribution in [2.45, 2.75) is 13.8 Å². The molecule has 1 amide bonds. The molecule has 6 nitrogen and oxygen atoms in total. The highest BCUT2D eigenvalue weighted by Gasteiger charge is 2.11. The fourth-order valence-electron chi connectivity index (χ4n) is 2.28. The Labute approximate surface area is 159 Å². The summed E-state index contributed by atoms with van der Waals surface area (Å²) in [6, 6.07) is 12.4. The van der Waals surface area contributed by atoms with Crippen LogP contribution in [0.1, 0.15) is 29.8 Å². The Bertz CT molecular complexity index is 803. The minimum atomic E-state index is -0.351. The molecule has 0 aromatic heterocycles. The topological polar surface area (TPSA) is 69.2 Å². The average molecular weight is 368 g/mol. The van der Waals surface area contributed by atoms with Gasteiger partial charge in [-0.05, 0) is 44.2 Å². The van der Waals surface area contributed by atoms with Crippen molar-refractivity contribution in [1.82, 2.24) is 5.43 Å². The van der Waals surface area contributed by atoms with E-state index in [-0.39, 0.29) is 5.91 Å². The molecule has 0 aliphatic carbocycles. The predicted octanol–water partition coefficient (Wildman–Crippen LogP) is 3.81. The number of hydrogen-bond donors (Lipinski definition) is 1. The van der Waals surface area contributed by atoms with E-state index in [4.69, 9.17) is 14.2 Å². The van der Waals surface area contributed by atoms with Gasteiger partial charge in [0, 0.05) is 11.1 Å². The number of hydrogen-bond acceptors (Lipinski definition) is 5. The predicted molar refractivity (Wildman–Crippen MR) is 106 cm³/mol. The van der Waals surface area contributed by atoms with Crippen molar-refractivity contribution in [1.29, 1.82) is 0 Å². The molecular formula is C21H24N2O4. The lowest BCUT2D eigenvalue weighted by atomic mass is 10.2. The smallest absolute Gasteiger partial charge is 0.271 e. The first-order chi connectivity index (χ1) is 13.2. The van der Waals surface area contributed by atoms with E-state index < -0.39 is 0 Å². The molecule has 0 heterocycles. The average Bonchev–Trinajstić information content (AvgIpc) is 2.68. The van der Waals surface area contributed by atoms with E-state index in [1.165, 1.54) is 0 Å². The zero-order valence-corrected chi connectivity index (χ0v) is 15.6. The summed E-state index contributed by atoms with van der Waals surface area (Å²) in [7, 11) is 0. The standard InChI is InChI=1S/C21H24N2O4/c1-4-13-27-19-12-11-16(14-20(19)26-6-3)21(24)23-22-15-17-9-7-8-10-18(17)25-5-2/h4,7-12,14-15H,1,5-6,13H2,2-3H3,(H,23,24)/b22-15+. The molecule has 0 aliphatic rings. The summed E-state index contributed by atoms with van der Waals surface area (Å²) in [5.74, 6) is 1.41. The maximum Gasteiger partial charge on any atom is 0.271 e. The molecule has 0 saturated carbocycles. The zero-order chi connectivity index (χ0) is 19.5. The van der Waals surface area contributed by atoms with Crippen LogP contribution in [-0.2, 0) is 0 Å². The molecule has 2 aromatic carbocycles. The molecule has 2 rings (SSSR count). The summed E-state index contributed by atoms with van der Waals surface area (Å²) in [6.45, 7) is 8.76. The van der Waals surface area contributed by atoms with Gasteiger partial charge in [-0.25, -0.2) is 5.43 Å². The molecule has 142 valence electrons. The van der Waals surface area contributed by atoms with E-state index in [0.717, 1.165) is 5.56 Å². The van der Waals surface area contributed by atoms with Gasteiger partial charge in [0.05, 0.1) is 19.4 Å². The number of hydrazone groups is 1. The lowest BCUT2D eigenvalue weighted by Crippen LogP contribution is -2.18. The first kappa shape index (κ1) is 20.0. The van der Waals surface area contributed by atoms with Gasteiger partial charge >= 0.3 is 0 Å². The molecule has 0 aliphatic heterocycles. The van der Waals surface area contributed by atoms with Crippen LogP contribution in [0.3, 0.4) is 0 Å². The van der Waals surface area contributed by atoms with Gasteiger partial charge < -0.3 is 14.2 Å². The number of ether oxygens (including phenoxy) is 3. The molecule has 0 fully saturated rings. The first-order valence-electron chi connectivity index (χ1n) is 8.75. The zero-order valence-electron chi connectivity index (χ0n) is 15.6. The van der Waals surface area contributed by atoms with E-state index in [1.54, 1.807) is 30.5 Å². The number of para-hydroxylation sites is 1. The molecular weight excluding hydrogens is 344 g/mol. The summed E-state index contributed by atoms with van der Waals surface area (Å²) in [6.07, 6.45) is 3.19. The molecule has 2 aromatic rings. The number of nitrogens with zero attached hydrogens (tertiary/aromatic N) is 1. The van der Waals surface area contributed by atoms with Crippen molar-refractivity contribution >= 4 is 12.1 Å². The van der Waals surface area contributed by atoms with Gasteiger partial charge in [-0.2, -0.15) is 5.10 Å². The van der Waals surface area contributed by atoms with Gasteiger partial charge in [0.15, 0.2) is 11.5 Å². The van der Waals surface area contributed by atoms with E-state index in [9.17, 15) is 4.79 Å². The van der Waals surface area contributed by atoms with Crippen LogP contribution in [0.4, 0.5) is 0 Å². The molecule has 0 bridgehead atoms. The summed E-state index contributed by atoms with van der Waals surface area (Å²) in [5.41, 5.74) is 3.71. The minimum Gasteiger partial charge on any atom is -0.493 e. The van der Waals surface area contributed by atoms with E-state index >= 15 is 0 Å². The second-order valence-corrected chi connectivity index (χ2v) is 5.36. The maximum absolute atomic E-state index is 12.4. The number of rotatable bonds is 10. The summed E-state index contributed by atoms with van der Waals surface area (Å²) < 4.78 is 16.6. The second kappa shape index (κ2) is 10.7. The Morgan fingerprint density at radius 3 is 2.52 bits per heavy atom. The van der Waals surface area contributed by atoms with Gasteiger partial charge in [-0.3, -0.25) is 4.79 Å². The Balaban J connectivity index is 2.09. The molecule has 0 unspecified atom stereocenters. The van der Waals surface area contributed by atoms with Gasteiger partial charge in [0.25, 0.3) is 5.91 Å². The van der Waals surface area contributed by atoms with Crippen LogP contribution < -0.4 is 19.6 Å². The Morgan fingerprint density at radius 2 is 1.78 bits per heavy atom. The van der Waals surface area contributed by atoms with Crippen LogP contribution in [0.15, 0.2) is 60.2 Å². The summed E-state index contributed by atoms with van der Waals surface area (Å²) in [4.78, 5) is 12.4. The summed E-state index contributed by atoms with van der Waals surface area (Å²) in [5, 5.41) is 4.02. The fraction of sp³-hybridized carbons (Fsp3) is 0.238. The minimum absolute atomic E-state index is 0.351. The highest BCUT2D eigenvalue weighted by molar-refractivity contribution is 5.95. The fourth-order valence-corrected chi connectivity index (χ4v) is 2.28. The highest BCUT2D eigenvalue weighted by atomic mass is 16.5. The van der Waals surface area contributed by atoms with Gasteiger partial charge in [-0.15, -0.1) is 0 Å². The first-order valence-corrected chi connectivity index (χ1v) is 8.75.